The smallest absolute Gasteiger partial charge is 0.239 e. The Kier molecular flexibility index (Phi) is 6.64. The van der Waals surface area contributed by atoms with Crippen LogP contribution >= 0.6 is 11.3 Å². The first kappa shape index (κ1) is 16.2. The molecule has 22 heavy (non-hydrogen) atoms. The Bertz CT molecular complexity index is 582. The molecule has 0 bridgehead atoms. The summed E-state index contributed by atoms with van der Waals surface area (Å²) < 4.78 is 0. The maximum Gasteiger partial charge on any atom is 0.239 e. The number of thiophene rings is 1. The average molecular weight is 316 g/mol. The molecule has 1 heterocycles. The molecule has 0 aliphatic carbocycles. The molecule has 2 aromatic rings. The van der Waals surface area contributed by atoms with Gasteiger partial charge in [-0.3, -0.25) is 9.59 Å². The Labute approximate surface area is 134 Å². The molecule has 0 unspecified atom stereocenters. The van der Waals surface area contributed by atoms with Crippen molar-refractivity contribution < 1.29 is 9.59 Å². The van der Waals surface area contributed by atoms with Crippen LogP contribution in [0.15, 0.2) is 47.8 Å². The van der Waals surface area contributed by atoms with Gasteiger partial charge in [-0.2, -0.15) is 0 Å². The summed E-state index contributed by atoms with van der Waals surface area (Å²) in [5.41, 5.74) is 1.26. The highest BCUT2D eigenvalue weighted by molar-refractivity contribution is 7.10. The predicted molar refractivity (Wildman–Crippen MR) is 88.8 cm³/mol. The number of amides is 2. The monoisotopic (exact) mass is 316 g/mol. The van der Waals surface area contributed by atoms with Crippen LogP contribution in [0.3, 0.4) is 0 Å². The van der Waals surface area contributed by atoms with Crippen LogP contribution in [-0.4, -0.2) is 24.9 Å². The summed E-state index contributed by atoms with van der Waals surface area (Å²) in [5, 5.41) is 7.38. The highest BCUT2D eigenvalue weighted by atomic mass is 32.1. The van der Waals surface area contributed by atoms with Gasteiger partial charge in [0.2, 0.25) is 11.8 Å². The molecule has 2 rings (SSSR count). The van der Waals surface area contributed by atoms with Crippen LogP contribution in [0.25, 0.3) is 0 Å². The molecule has 0 saturated carbocycles. The van der Waals surface area contributed by atoms with E-state index in [1.54, 1.807) is 0 Å². The second-order valence-electron chi connectivity index (χ2n) is 4.97. The lowest BCUT2D eigenvalue weighted by atomic mass is 10.1. The predicted octanol–water partition coefficient (Wildman–Crippen LogP) is 2.16. The van der Waals surface area contributed by atoms with Crippen molar-refractivity contribution >= 4 is 23.2 Å². The van der Waals surface area contributed by atoms with Gasteiger partial charge in [0, 0.05) is 11.4 Å². The van der Waals surface area contributed by atoms with Gasteiger partial charge in [-0.05, 0) is 29.9 Å². The third-order valence-corrected chi connectivity index (χ3v) is 4.04. The molecule has 4 nitrogen and oxygen atoms in total. The molecule has 116 valence electrons. The van der Waals surface area contributed by atoms with Gasteiger partial charge in [0.25, 0.3) is 0 Å². The van der Waals surface area contributed by atoms with Gasteiger partial charge in [-0.1, -0.05) is 36.4 Å². The SMILES string of the molecule is O=C(CNC(=O)Cc1cccs1)NCCCc1ccccc1. The molecule has 0 radical (unpaired) electrons. The molecule has 0 fully saturated rings. The summed E-state index contributed by atoms with van der Waals surface area (Å²) in [6, 6.07) is 14.0. The van der Waals surface area contributed by atoms with Crippen LogP contribution in [0.4, 0.5) is 0 Å². The van der Waals surface area contributed by atoms with E-state index in [2.05, 4.69) is 22.8 Å². The fourth-order valence-corrected chi connectivity index (χ4v) is 2.74. The molecule has 1 aromatic carbocycles. The summed E-state index contributed by atoms with van der Waals surface area (Å²) in [4.78, 5) is 24.3. The number of rotatable bonds is 8. The van der Waals surface area contributed by atoms with Crippen molar-refractivity contribution in [3.63, 3.8) is 0 Å². The third-order valence-electron chi connectivity index (χ3n) is 3.17. The molecule has 2 N–H and O–H groups in total. The number of carbonyl (C=O) groups is 2. The molecule has 1 aromatic heterocycles. The van der Waals surface area contributed by atoms with Crippen LogP contribution in [0.5, 0.6) is 0 Å². The molecule has 5 heteroatoms. The molecule has 0 spiro atoms. The molecule has 0 aliphatic rings. The van der Waals surface area contributed by atoms with Gasteiger partial charge in [-0.15, -0.1) is 11.3 Å². The Morgan fingerprint density at radius 2 is 1.77 bits per heavy atom. The summed E-state index contributed by atoms with van der Waals surface area (Å²) in [6.45, 7) is 0.657. The molecule has 0 atom stereocenters. The minimum atomic E-state index is -0.146. The Morgan fingerprint density at radius 1 is 0.955 bits per heavy atom. The van der Waals surface area contributed by atoms with E-state index < -0.39 is 0 Å². The fraction of sp³-hybridized carbons (Fsp3) is 0.294. The van der Waals surface area contributed by atoms with Crippen molar-refractivity contribution in [2.75, 3.05) is 13.1 Å². The van der Waals surface area contributed by atoms with E-state index in [4.69, 9.17) is 0 Å². The first-order chi connectivity index (χ1) is 10.7. The van der Waals surface area contributed by atoms with Crippen molar-refractivity contribution in [3.05, 3.63) is 58.3 Å². The standard InChI is InChI=1S/C17H20N2O2S/c20-16(12-15-9-5-11-22-15)19-13-17(21)18-10-4-8-14-6-2-1-3-7-14/h1-3,5-7,9,11H,4,8,10,12-13H2,(H,18,21)(H,19,20). The molecular formula is C17H20N2O2S. The summed E-state index contributed by atoms with van der Waals surface area (Å²) >= 11 is 1.54. The Hall–Kier alpha value is -2.14. The van der Waals surface area contributed by atoms with Gasteiger partial charge in [0.05, 0.1) is 13.0 Å². The normalized spacial score (nSPS) is 10.2. The van der Waals surface area contributed by atoms with E-state index in [0.717, 1.165) is 17.7 Å². The maximum absolute atomic E-state index is 11.6. The minimum absolute atomic E-state index is 0.0372. The lowest BCUT2D eigenvalue weighted by Gasteiger charge is -2.06. The molecule has 0 saturated heterocycles. The molecule has 0 aliphatic heterocycles. The molecular weight excluding hydrogens is 296 g/mol. The van der Waals surface area contributed by atoms with Crippen LogP contribution in [0.1, 0.15) is 16.9 Å². The van der Waals surface area contributed by atoms with Gasteiger partial charge in [0.15, 0.2) is 0 Å². The van der Waals surface area contributed by atoms with Gasteiger partial charge < -0.3 is 10.6 Å². The van der Waals surface area contributed by atoms with Crippen LogP contribution in [-0.2, 0) is 22.4 Å². The Morgan fingerprint density at radius 3 is 2.50 bits per heavy atom. The van der Waals surface area contributed by atoms with Crippen molar-refractivity contribution in [2.24, 2.45) is 0 Å². The van der Waals surface area contributed by atoms with E-state index >= 15 is 0 Å². The fourth-order valence-electron chi connectivity index (χ4n) is 2.04. The number of hydrogen-bond acceptors (Lipinski definition) is 3. The van der Waals surface area contributed by atoms with Crippen LogP contribution in [0.2, 0.25) is 0 Å². The third kappa shape index (κ3) is 6.10. The van der Waals surface area contributed by atoms with E-state index in [1.807, 2.05) is 35.7 Å². The van der Waals surface area contributed by atoms with E-state index in [1.165, 1.54) is 16.9 Å². The Balaban J connectivity index is 1.55. The number of hydrogen-bond donors (Lipinski definition) is 2. The second kappa shape index (κ2) is 9.00. The van der Waals surface area contributed by atoms with E-state index in [9.17, 15) is 9.59 Å². The van der Waals surface area contributed by atoms with Crippen LogP contribution < -0.4 is 10.6 Å². The van der Waals surface area contributed by atoms with Gasteiger partial charge >= 0.3 is 0 Å². The zero-order chi connectivity index (χ0) is 15.6. The number of aryl methyl sites for hydroxylation is 1. The summed E-state index contributed by atoms with van der Waals surface area (Å²) in [7, 11) is 0. The van der Waals surface area contributed by atoms with Crippen molar-refractivity contribution in [1.82, 2.24) is 10.6 Å². The largest absolute Gasteiger partial charge is 0.355 e. The average Bonchev–Trinajstić information content (AvgIpc) is 3.03. The second-order valence-corrected chi connectivity index (χ2v) is 6.00. The van der Waals surface area contributed by atoms with E-state index in [-0.39, 0.29) is 18.4 Å². The first-order valence-electron chi connectivity index (χ1n) is 7.34. The summed E-state index contributed by atoms with van der Waals surface area (Å²) in [5.74, 6) is -0.269. The lowest BCUT2D eigenvalue weighted by Crippen LogP contribution is -2.37. The van der Waals surface area contributed by atoms with Crippen molar-refractivity contribution in [1.29, 1.82) is 0 Å². The van der Waals surface area contributed by atoms with Crippen molar-refractivity contribution in [2.45, 2.75) is 19.3 Å². The number of benzene rings is 1. The number of nitrogens with one attached hydrogen (secondary N) is 2. The minimum Gasteiger partial charge on any atom is -0.355 e. The van der Waals surface area contributed by atoms with E-state index in [0.29, 0.717) is 13.0 Å². The maximum atomic E-state index is 11.6. The quantitative estimate of drug-likeness (QED) is 0.733. The zero-order valence-electron chi connectivity index (χ0n) is 12.4. The zero-order valence-corrected chi connectivity index (χ0v) is 13.2. The van der Waals surface area contributed by atoms with Crippen molar-refractivity contribution in [3.8, 4) is 0 Å². The lowest BCUT2D eigenvalue weighted by molar-refractivity contribution is -0.125. The summed E-state index contributed by atoms with van der Waals surface area (Å²) in [6.07, 6.45) is 2.16. The molecule has 2 amide bonds. The highest BCUT2D eigenvalue weighted by Gasteiger charge is 2.06. The van der Waals surface area contributed by atoms with Gasteiger partial charge in [0.1, 0.15) is 0 Å². The van der Waals surface area contributed by atoms with Gasteiger partial charge in [-0.25, -0.2) is 0 Å². The first-order valence-corrected chi connectivity index (χ1v) is 8.22. The number of carbonyl (C=O) groups excluding carboxylic acids is 2. The van der Waals surface area contributed by atoms with Crippen LogP contribution in [0, 0.1) is 0 Å². The highest BCUT2D eigenvalue weighted by Crippen LogP contribution is 2.08. The topological polar surface area (TPSA) is 58.2 Å².